The summed E-state index contributed by atoms with van der Waals surface area (Å²) >= 11 is 5.83. The fraction of sp³-hybridized carbons (Fsp3) is 0.375. The van der Waals surface area contributed by atoms with Gasteiger partial charge in [-0.25, -0.2) is 4.98 Å². The summed E-state index contributed by atoms with van der Waals surface area (Å²) in [6, 6.07) is 7.12. The van der Waals surface area contributed by atoms with Crippen LogP contribution in [0.25, 0.3) is 0 Å². The van der Waals surface area contributed by atoms with Crippen molar-refractivity contribution < 1.29 is 9.53 Å². The van der Waals surface area contributed by atoms with E-state index < -0.39 is 0 Å². The molecule has 0 saturated heterocycles. The molecular formula is C16H21Cl3N4O2. The van der Waals surface area contributed by atoms with Gasteiger partial charge in [0.15, 0.2) is 0 Å². The average Bonchev–Trinajstić information content (AvgIpc) is 3.04. The number of H-pyrrole nitrogens is 1. The topological polar surface area (TPSA) is 79.0 Å². The van der Waals surface area contributed by atoms with E-state index in [0.29, 0.717) is 24.8 Å². The van der Waals surface area contributed by atoms with Crippen molar-refractivity contribution in [2.75, 3.05) is 19.7 Å². The van der Waals surface area contributed by atoms with E-state index in [4.69, 9.17) is 16.3 Å². The van der Waals surface area contributed by atoms with E-state index in [2.05, 4.69) is 20.6 Å². The molecular weight excluding hydrogens is 387 g/mol. The number of nitrogens with zero attached hydrogens (tertiary/aromatic N) is 1. The fourth-order valence-corrected chi connectivity index (χ4v) is 2.68. The van der Waals surface area contributed by atoms with Crippen LogP contribution in [0, 0.1) is 0 Å². The summed E-state index contributed by atoms with van der Waals surface area (Å²) in [5, 5.41) is 6.77. The molecule has 0 fully saturated rings. The van der Waals surface area contributed by atoms with Crippen molar-refractivity contribution >= 4 is 42.3 Å². The monoisotopic (exact) mass is 406 g/mol. The molecule has 1 amide bonds. The van der Waals surface area contributed by atoms with Crippen molar-refractivity contribution in [3.63, 3.8) is 0 Å². The molecule has 1 aliphatic heterocycles. The van der Waals surface area contributed by atoms with E-state index in [1.54, 1.807) is 6.33 Å². The first-order chi connectivity index (χ1) is 11.2. The fourth-order valence-electron chi connectivity index (χ4n) is 2.55. The summed E-state index contributed by atoms with van der Waals surface area (Å²) in [6.45, 7) is 2.18. The highest BCUT2D eigenvalue weighted by molar-refractivity contribution is 6.30. The Hall–Kier alpha value is -1.31. The quantitative estimate of drug-likeness (QED) is 0.643. The number of halogens is 3. The maximum Gasteiger partial charge on any atom is 0.243 e. The second-order valence-electron chi connectivity index (χ2n) is 5.37. The molecule has 0 aliphatic carbocycles. The van der Waals surface area contributed by atoms with E-state index in [1.807, 2.05) is 24.3 Å². The Kier molecular flexibility index (Phi) is 9.24. The van der Waals surface area contributed by atoms with Gasteiger partial charge in [0.25, 0.3) is 0 Å². The Labute approximate surface area is 163 Å². The summed E-state index contributed by atoms with van der Waals surface area (Å²) in [6.07, 6.45) is 2.50. The molecule has 1 aromatic heterocycles. The van der Waals surface area contributed by atoms with Gasteiger partial charge in [-0.3, -0.25) is 4.79 Å². The van der Waals surface area contributed by atoms with E-state index in [0.717, 1.165) is 29.9 Å². The predicted molar refractivity (Wildman–Crippen MR) is 102 cm³/mol. The van der Waals surface area contributed by atoms with Gasteiger partial charge >= 0.3 is 0 Å². The number of hydrogen-bond acceptors (Lipinski definition) is 4. The number of aromatic amines is 1. The lowest BCUT2D eigenvalue weighted by Crippen LogP contribution is -2.42. The van der Waals surface area contributed by atoms with Crippen molar-refractivity contribution in [2.24, 2.45) is 0 Å². The minimum atomic E-state index is -0.388. The van der Waals surface area contributed by atoms with Gasteiger partial charge in [0.1, 0.15) is 6.04 Å². The third kappa shape index (κ3) is 5.87. The molecule has 1 unspecified atom stereocenters. The molecule has 3 N–H and O–H groups in total. The van der Waals surface area contributed by atoms with Crippen LogP contribution in [0.2, 0.25) is 5.02 Å². The number of carbonyl (C=O) groups is 1. The van der Waals surface area contributed by atoms with Crippen LogP contribution in [0.3, 0.4) is 0 Å². The molecule has 6 nitrogen and oxygen atoms in total. The number of aromatic nitrogens is 2. The molecule has 1 aromatic carbocycles. The van der Waals surface area contributed by atoms with Gasteiger partial charge in [-0.2, -0.15) is 0 Å². The number of fused-ring (bicyclic) bond motifs is 1. The number of benzene rings is 1. The lowest BCUT2D eigenvalue weighted by Gasteiger charge is -2.22. The van der Waals surface area contributed by atoms with E-state index in [-0.39, 0.29) is 36.8 Å². The molecule has 0 bridgehead atoms. The maximum absolute atomic E-state index is 12.2. The zero-order valence-electron chi connectivity index (χ0n) is 13.5. The molecule has 3 rings (SSSR count). The van der Waals surface area contributed by atoms with Crippen LogP contribution < -0.4 is 10.6 Å². The van der Waals surface area contributed by atoms with Gasteiger partial charge < -0.3 is 20.4 Å². The summed E-state index contributed by atoms with van der Waals surface area (Å²) in [5.41, 5.74) is 2.87. The summed E-state index contributed by atoms with van der Waals surface area (Å²) in [7, 11) is 0. The molecule has 138 valence electrons. The van der Waals surface area contributed by atoms with Crippen LogP contribution in [0.4, 0.5) is 0 Å². The third-order valence-corrected chi connectivity index (χ3v) is 3.99. The van der Waals surface area contributed by atoms with Gasteiger partial charge in [0.2, 0.25) is 5.91 Å². The van der Waals surface area contributed by atoms with E-state index in [1.165, 1.54) is 0 Å². The van der Waals surface area contributed by atoms with Crippen LogP contribution in [0.1, 0.15) is 23.0 Å². The lowest BCUT2D eigenvalue weighted by atomic mass is 10.1. The Morgan fingerprint density at radius 1 is 1.32 bits per heavy atom. The Bertz CT molecular complexity index is 664. The van der Waals surface area contributed by atoms with Gasteiger partial charge in [0.05, 0.1) is 25.2 Å². The van der Waals surface area contributed by atoms with Crippen molar-refractivity contribution in [3.8, 4) is 0 Å². The van der Waals surface area contributed by atoms with Crippen LogP contribution in [0.5, 0.6) is 0 Å². The maximum atomic E-state index is 12.2. The Morgan fingerprint density at radius 2 is 2.08 bits per heavy atom. The number of imidazole rings is 1. The number of rotatable bonds is 6. The molecule has 25 heavy (non-hydrogen) atoms. The average molecular weight is 408 g/mol. The molecule has 2 aromatic rings. The second-order valence-corrected chi connectivity index (χ2v) is 5.81. The molecule has 0 radical (unpaired) electrons. The molecule has 9 heteroatoms. The number of nitrogens with one attached hydrogen (secondary N) is 3. The molecule has 0 saturated carbocycles. The third-order valence-electron chi connectivity index (χ3n) is 3.74. The smallest absolute Gasteiger partial charge is 0.243 e. The van der Waals surface area contributed by atoms with Crippen molar-refractivity contribution in [1.29, 1.82) is 0 Å². The predicted octanol–water partition coefficient (Wildman–Crippen LogP) is 2.43. The number of hydrogen-bond donors (Lipinski definition) is 3. The first-order valence-electron chi connectivity index (χ1n) is 7.59. The SMILES string of the molecule is Cl.Cl.O=C(NCCOCc1ccc(Cl)cc1)C1NCCc2[nH]cnc21. The van der Waals surface area contributed by atoms with Gasteiger partial charge in [-0.15, -0.1) is 24.8 Å². The van der Waals surface area contributed by atoms with Crippen LogP contribution >= 0.6 is 36.4 Å². The molecule has 1 atom stereocenters. The van der Waals surface area contributed by atoms with Crippen molar-refractivity contribution in [3.05, 3.63) is 52.6 Å². The Morgan fingerprint density at radius 3 is 2.84 bits per heavy atom. The summed E-state index contributed by atoms with van der Waals surface area (Å²) in [4.78, 5) is 19.5. The van der Waals surface area contributed by atoms with E-state index in [9.17, 15) is 4.79 Å². The van der Waals surface area contributed by atoms with Gasteiger partial charge in [-0.05, 0) is 17.7 Å². The van der Waals surface area contributed by atoms with Crippen LogP contribution in [0.15, 0.2) is 30.6 Å². The van der Waals surface area contributed by atoms with Crippen LogP contribution in [-0.4, -0.2) is 35.6 Å². The van der Waals surface area contributed by atoms with Gasteiger partial charge in [-0.1, -0.05) is 23.7 Å². The minimum Gasteiger partial charge on any atom is -0.375 e. The van der Waals surface area contributed by atoms with E-state index >= 15 is 0 Å². The minimum absolute atomic E-state index is 0. The van der Waals surface area contributed by atoms with Gasteiger partial charge in [0, 0.05) is 30.2 Å². The molecule has 0 spiro atoms. The highest BCUT2D eigenvalue weighted by Gasteiger charge is 2.27. The zero-order valence-corrected chi connectivity index (χ0v) is 15.8. The first-order valence-corrected chi connectivity index (χ1v) is 7.97. The highest BCUT2D eigenvalue weighted by atomic mass is 35.5. The second kappa shape index (κ2) is 10.6. The zero-order chi connectivity index (χ0) is 16.1. The summed E-state index contributed by atoms with van der Waals surface area (Å²) < 4.78 is 5.55. The highest BCUT2D eigenvalue weighted by Crippen LogP contribution is 2.18. The number of carbonyl (C=O) groups excluding carboxylic acids is 1. The van der Waals surface area contributed by atoms with Crippen molar-refractivity contribution in [1.82, 2.24) is 20.6 Å². The normalized spacial score (nSPS) is 15.5. The largest absolute Gasteiger partial charge is 0.375 e. The molecule has 1 aliphatic rings. The lowest BCUT2D eigenvalue weighted by molar-refractivity contribution is -0.123. The summed E-state index contributed by atoms with van der Waals surface area (Å²) in [5.74, 6) is -0.0758. The molecule has 2 heterocycles. The number of amides is 1. The van der Waals surface area contributed by atoms with Crippen LogP contribution in [-0.2, 0) is 22.6 Å². The van der Waals surface area contributed by atoms with Crippen molar-refractivity contribution in [2.45, 2.75) is 19.1 Å². The Balaban J connectivity index is 0.00000156. The first kappa shape index (κ1) is 21.7. The number of ether oxygens (including phenoxy) is 1. The standard InChI is InChI=1S/C16H19ClN4O2.2ClH/c17-12-3-1-11(2-4-12)9-23-8-7-19-16(22)15-14-13(5-6-18-15)20-10-21-14;;/h1-4,10,15,18H,5-9H2,(H,19,22)(H,20,21);2*1H.